The zero-order valence-electron chi connectivity index (χ0n) is 11.8. The van der Waals surface area contributed by atoms with Gasteiger partial charge in [0.15, 0.2) is 0 Å². The largest absolute Gasteiger partial charge is 0.399 e. The summed E-state index contributed by atoms with van der Waals surface area (Å²) >= 11 is 0. The third-order valence-electron chi connectivity index (χ3n) is 3.39. The quantitative estimate of drug-likeness (QED) is 0.539. The maximum Gasteiger partial charge on any atom is 0.241 e. The number of nitrogens with one attached hydrogen (secondary N) is 1. The van der Waals surface area contributed by atoms with Crippen LogP contribution in [-0.4, -0.2) is 37.4 Å². The average Bonchev–Trinajstić information content (AvgIpc) is 2.45. The number of aliphatic hydroxyl groups is 2. The highest BCUT2D eigenvalue weighted by molar-refractivity contribution is 7.89. The summed E-state index contributed by atoms with van der Waals surface area (Å²) in [6, 6.07) is 4.69. The zero-order chi connectivity index (χ0) is 15.4. The van der Waals surface area contributed by atoms with E-state index in [4.69, 9.17) is 5.73 Å². The Kier molecular flexibility index (Phi) is 5.52. The second-order valence-electron chi connectivity index (χ2n) is 4.78. The van der Waals surface area contributed by atoms with Crippen LogP contribution < -0.4 is 10.5 Å². The number of rotatable bonds is 7. The number of benzene rings is 1. The van der Waals surface area contributed by atoms with Crippen LogP contribution in [0.1, 0.15) is 25.8 Å². The molecule has 0 radical (unpaired) electrons. The zero-order valence-corrected chi connectivity index (χ0v) is 12.6. The fraction of sp³-hybridized carbons (Fsp3) is 0.538. The molecule has 0 heterocycles. The van der Waals surface area contributed by atoms with Gasteiger partial charge in [0.25, 0.3) is 0 Å². The van der Waals surface area contributed by atoms with Crippen molar-refractivity contribution in [2.24, 2.45) is 0 Å². The van der Waals surface area contributed by atoms with E-state index in [9.17, 15) is 18.6 Å². The van der Waals surface area contributed by atoms with E-state index in [1.807, 2.05) is 6.92 Å². The Morgan fingerprint density at radius 1 is 1.25 bits per heavy atom. The van der Waals surface area contributed by atoms with Crippen LogP contribution in [0.2, 0.25) is 0 Å². The molecule has 0 amide bonds. The molecule has 0 fully saturated rings. The maximum atomic E-state index is 12.5. The van der Waals surface area contributed by atoms with Gasteiger partial charge >= 0.3 is 0 Å². The third kappa shape index (κ3) is 3.49. The van der Waals surface area contributed by atoms with Crippen LogP contribution in [0.4, 0.5) is 5.69 Å². The van der Waals surface area contributed by atoms with Gasteiger partial charge in [-0.2, -0.15) is 0 Å². The molecule has 0 atom stereocenters. The summed E-state index contributed by atoms with van der Waals surface area (Å²) in [7, 11) is -3.87. The first-order valence-electron chi connectivity index (χ1n) is 6.48. The lowest BCUT2D eigenvalue weighted by Crippen LogP contribution is -2.53. The Labute approximate surface area is 119 Å². The van der Waals surface area contributed by atoms with Crippen molar-refractivity contribution in [3.63, 3.8) is 0 Å². The van der Waals surface area contributed by atoms with Gasteiger partial charge in [-0.25, -0.2) is 13.1 Å². The molecule has 1 rings (SSSR count). The minimum atomic E-state index is -3.87. The van der Waals surface area contributed by atoms with Crippen molar-refractivity contribution in [3.8, 4) is 0 Å². The fourth-order valence-electron chi connectivity index (χ4n) is 1.86. The topological polar surface area (TPSA) is 113 Å². The molecule has 114 valence electrons. The van der Waals surface area contributed by atoms with Crippen molar-refractivity contribution < 1.29 is 18.6 Å². The molecule has 0 unspecified atom stereocenters. The fourth-order valence-corrected chi connectivity index (χ4v) is 3.67. The molecule has 7 heteroatoms. The van der Waals surface area contributed by atoms with Gasteiger partial charge in [0.1, 0.15) is 0 Å². The van der Waals surface area contributed by atoms with Gasteiger partial charge in [0.05, 0.1) is 23.6 Å². The summed E-state index contributed by atoms with van der Waals surface area (Å²) in [5, 5.41) is 18.7. The molecule has 0 aromatic heterocycles. The van der Waals surface area contributed by atoms with Crippen LogP contribution in [0.3, 0.4) is 0 Å². The first-order chi connectivity index (χ1) is 9.34. The molecule has 0 aliphatic heterocycles. The van der Waals surface area contributed by atoms with E-state index in [1.165, 1.54) is 6.07 Å². The predicted octanol–water partition coefficient (Wildman–Crippen LogP) is 0.243. The minimum absolute atomic E-state index is 0.0831. The smallest absolute Gasteiger partial charge is 0.241 e. The molecule has 0 saturated carbocycles. The summed E-state index contributed by atoms with van der Waals surface area (Å²) in [6.07, 6.45) is 0.802. The molecule has 5 N–H and O–H groups in total. The summed E-state index contributed by atoms with van der Waals surface area (Å²) in [6.45, 7) is 2.57. The number of anilines is 1. The number of hydrogen-bond acceptors (Lipinski definition) is 5. The van der Waals surface area contributed by atoms with Crippen LogP contribution >= 0.6 is 0 Å². The summed E-state index contributed by atoms with van der Waals surface area (Å²) in [5.41, 5.74) is 5.36. The highest BCUT2D eigenvalue weighted by Gasteiger charge is 2.33. The van der Waals surface area contributed by atoms with Gasteiger partial charge in [-0.05, 0) is 30.5 Å². The van der Waals surface area contributed by atoms with Crippen LogP contribution in [-0.2, 0) is 16.4 Å². The molecule has 20 heavy (non-hydrogen) atoms. The summed E-state index contributed by atoms with van der Waals surface area (Å²) < 4.78 is 27.3. The molecule has 6 nitrogen and oxygen atoms in total. The number of nitrogens with two attached hydrogens (primary N) is 1. The van der Waals surface area contributed by atoms with Crippen LogP contribution in [0, 0.1) is 0 Å². The van der Waals surface area contributed by atoms with Gasteiger partial charge in [-0.15, -0.1) is 0 Å². The normalized spacial score (nSPS) is 12.6. The van der Waals surface area contributed by atoms with Crippen molar-refractivity contribution in [2.45, 2.75) is 37.1 Å². The Bertz CT molecular complexity index is 545. The van der Waals surface area contributed by atoms with Gasteiger partial charge in [0.2, 0.25) is 10.0 Å². The van der Waals surface area contributed by atoms with Crippen molar-refractivity contribution >= 4 is 15.7 Å². The first-order valence-corrected chi connectivity index (χ1v) is 7.96. The Balaban J connectivity index is 3.27. The van der Waals surface area contributed by atoms with Gasteiger partial charge in [-0.1, -0.05) is 19.9 Å². The molecule has 0 bridgehead atoms. The highest BCUT2D eigenvalue weighted by atomic mass is 32.2. The lowest BCUT2D eigenvalue weighted by Gasteiger charge is -2.29. The molecular weight excluding hydrogens is 280 g/mol. The maximum absolute atomic E-state index is 12.5. The van der Waals surface area contributed by atoms with E-state index in [1.54, 1.807) is 19.1 Å². The number of hydrogen-bond donors (Lipinski definition) is 4. The third-order valence-corrected chi connectivity index (χ3v) is 5.06. The lowest BCUT2D eigenvalue weighted by molar-refractivity contribution is 0.105. The SMILES string of the molecule is CCc1ccc(N)cc1S(=O)(=O)NC(CC)(CO)CO. The molecule has 1 aromatic carbocycles. The number of sulfonamides is 1. The second-order valence-corrected chi connectivity index (χ2v) is 6.43. The monoisotopic (exact) mass is 302 g/mol. The van der Waals surface area contributed by atoms with Crippen LogP contribution in [0.15, 0.2) is 23.1 Å². The Hall–Kier alpha value is -1.15. The number of aliphatic hydroxyl groups excluding tert-OH is 2. The molecule has 1 aromatic rings. The van der Waals surface area contributed by atoms with E-state index >= 15 is 0 Å². The van der Waals surface area contributed by atoms with E-state index in [-0.39, 0.29) is 11.3 Å². The molecule has 0 aliphatic carbocycles. The summed E-state index contributed by atoms with van der Waals surface area (Å²) in [4.78, 5) is 0.0831. The Morgan fingerprint density at radius 2 is 1.85 bits per heavy atom. The van der Waals surface area contributed by atoms with E-state index < -0.39 is 28.8 Å². The van der Waals surface area contributed by atoms with E-state index in [0.717, 1.165) is 0 Å². The van der Waals surface area contributed by atoms with Crippen molar-refractivity contribution in [1.82, 2.24) is 4.72 Å². The predicted molar refractivity (Wildman–Crippen MR) is 77.7 cm³/mol. The molecule has 0 saturated heterocycles. The molecular formula is C13H22N2O4S. The van der Waals surface area contributed by atoms with Gasteiger partial charge in [-0.3, -0.25) is 0 Å². The van der Waals surface area contributed by atoms with Crippen molar-refractivity contribution in [1.29, 1.82) is 0 Å². The second kappa shape index (κ2) is 6.53. The number of aryl methyl sites for hydroxylation is 1. The standard InChI is InChI=1S/C13H22N2O4S/c1-3-10-5-6-11(14)7-12(10)20(18,19)15-13(4-2,8-16)9-17/h5-7,15-17H,3-4,8-9,14H2,1-2H3. The number of nitrogen functional groups attached to an aromatic ring is 1. The van der Waals surface area contributed by atoms with Crippen molar-refractivity contribution in [3.05, 3.63) is 23.8 Å². The van der Waals surface area contributed by atoms with E-state index in [2.05, 4.69) is 4.72 Å². The van der Waals surface area contributed by atoms with Crippen molar-refractivity contribution in [2.75, 3.05) is 18.9 Å². The highest BCUT2D eigenvalue weighted by Crippen LogP contribution is 2.22. The van der Waals surface area contributed by atoms with Crippen LogP contribution in [0.5, 0.6) is 0 Å². The van der Waals surface area contributed by atoms with Gasteiger partial charge < -0.3 is 15.9 Å². The minimum Gasteiger partial charge on any atom is -0.399 e. The van der Waals surface area contributed by atoms with E-state index in [0.29, 0.717) is 17.7 Å². The first kappa shape index (κ1) is 16.9. The summed E-state index contributed by atoms with van der Waals surface area (Å²) in [5.74, 6) is 0. The lowest BCUT2D eigenvalue weighted by atomic mass is 10.0. The molecule has 0 spiro atoms. The Morgan fingerprint density at radius 3 is 2.30 bits per heavy atom. The van der Waals surface area contributed by atoms with Crippen LogP contribution in [0.25, 0.3) is 0 Å². The average molecular weight is 302 g/mol. The van der Waals surface area contributed by atoms with Gasteiger partial charge in [0, 0.05) is 5.69 Å². The molecule has 0 aliphatic rings.